The molecule has 4 heterocycles. The molecule has 0 unspecified atom stereocenters. The number of aliphatic hydroxyl groups is 1. The topological polar surface area (TPSA) is 181 Å². The Labute approximate surface area is 283 Å². The van der Waals surface area contributed by atoms with Crippen molar-refractivity contribution in [3.63, 3.8) is 0 Å². The minimum atomic E-state index is -1.28. The van der Waals surface area contributed by atoms with Gasteiger partial charge in [-0.1, -0.05) is 48.5 Å². The first-order valence-electron chi connectivity index (χ1n) is 17.4. The highest BCUT2D eigenvalue weighted by molar-refractivity contribution is 5.97. The summed E-state index contributed by atoms with van der Waals surface area (Å²) in [5.41, 5.74) is 5.90. The molecule has 15 nitrogen and oxygen atoms in total. The van der Waals surface area contributed by atoms with Gasteiger partial charge in [0.1, 0.15) is 30.2 Å². The number of hydrazine groups is 2. The fourth-order valence-electron chi connectivity index (χ4n) is 7.11. The van der Waals surface area contributed by atoms with Gasteiger partial charge in [-0.25, -0.2) is 15.6 Å². The fraction of sp³-hybridized carbons (Fsp3) is 0.818. The number of carbonyl (C=O) groups is 6. The van der Waals surface area contributed by atoms with Gasteiger partial charge < -0.3 is 25.0 Å². The van der Waals surface area contributed by atoms with Crippen molar-refractivity contribution in [2.45, 2.75) is 123 Å². The van der Waals surface area contributed by atoms with E-state index in [0.29, 0.717) is 25.8 Å². The molecule has 4 aliphatic rings. The lowest BCUT2D eigenvalue weighted by atomic mass is 9.97. The minimum absolute atomic E-state index is 0.00551. The predicted octanol–water partition coefficient (Wildman–Crippen LogP) is -0.219. The molecule has 4 N–H and O–H groups in total. The van der Waals surface area contributed by atoms with Gasteiger partial charge in [0.15, 0.2) is 6.10 Å². The van der Waals surface area contributed by atoms with E-state index in [1.165, 1.54) is 26.9 Å². The van der Waals surface area contributed by atoms with E-state index < -0.39 is 89.8 Å². The Kier molecular flexibility index (Phi) is 12.1. The smallest absolute Gasteiger partial charge is 0.329 e. The molecule has 0 spiro atoms. The number of hydrogen-bond donors (Lipinski definition) is 4. The van der Waals surface area contributed by atoms with Crippen LogP contribution in [-0.4, -0.2) is 130 Å². The summed E-state index contributed by atoms with van der Waals surface area (Å²) in [6, 6.07) is -5.18. The number of hydrogen-bond acceptors (Lipinski definition) is 10. The number of esters is 1. The molecule has 4 fully saturated rings. The Bertz CT molecular complexity index is 1240. The third-order valence-corrected chi connectivity index (χ3v) is 9.80. The fourth-order valence-corrected chi connectivity index (χ4v) is 7.11. The Morgan fingerprint density at radius 3 is 2.12 bits per heavy atom. The maximum atomic E-state index is 14.4. The number of cyclic esters (lactones) is 1. The Morgan fingerprint density at radius 1 is 0.833 bits per heavy atom. The summed E-state index contributed by atoms with van der Waals surface area (Å²) in [6.07, 6.45) is -0.806. The molecule has 4 saturated heterocycles. The molecule has 270 valence electrons. The van der Waals surface area contributed by atoms with Gasteiger partial charge in [0.25, 0.3) is 11.8 Å². The van der Waals surface area contributed by atoms with Gasteiger partial charge in [-0.15, -0.1) is 0 Å². The van der Waals surface area contributed by atoms with Crippen molar-refractivity contribution in [1.82, 2.24) is 36.0 Å². The molecule has 8 atom stereocenters. The zero-order chi connectivity index (χ0) is 35.6. The number of β-amino-alcohol motifs (C(OH)–C–C–N with tert-alkyl or cyclic N) is 1. The van der Waals surface area contributed by atoms with Gasteiger partial charge in [0.2, 0.25) is 17.7 Å². The summed E-state index contributed by atoms with van der Waals surface area (Å²) in [7, 11) is 1.51. The monoisotopic (exact) mass is 677 g/mol. The van der Waals surface area contributed by atoms with Crippen LogP contribution in [0.2, 0.25) is 0 Å². The summed E-state index contributed by atoms with van der Waals surface area (Å²) in [5, 5.41) is 15.8. The second kappa shape index (κ2) is 15.5. The summed E-state index contributed by atoms with van der Waals surface area (Å²) < 4.78 is 5.84. The number of amides is 5. The first-order chi connectivity index (χ1) is 22.5. The predicted molar refractivity (Wildman–Crippen MR) is 174 cm³/mol. The molecule has 0 saturated carbocycles. The zero-order valence-corrected chi connectivity index (χ0v) is 29.6. The third-order valence-electron chi connectivity index (χ3n) is 9.80. The van der Waals surface area contributed by atoms with E-state index in [2.05, 4.69) is 16.2 Å². The molecule has 0 aromatic rings. The van der Waals surface area contributed by atoms with Crippen LogP contribution in [0.1, 0.15) is 80.6 Å². The second-order valence-corrected chi connectivity index (χ2v) is 15.0. The summed E-state index contributed by atoms with van der Waals surface area (Å²) in [5.74, 6) is -4.34. The highest BCUT2D eigenvalue weighted by atomic mass is 16.6. The van der Waals surface area contributed by atoms with Crippen LogP contribution in [0, 0.1) is 23.7 Å². The van der Waals surface area contributed by atoms with Crippen molar-refractivity contribution in [3.8, 4) is 0 Å². The molecular weight excluding hydrogens is 622 g/mol. The molecule has 0 aromatic carbocycles. The number of likely N-dealkylation sites (N-methyl/N-ethyl adjacent to an activating group) is 1. The van der Waals surface area contributed by atoms with E-state index in [1.54, 1.807) is 27.7 Å². The SMILES string of the molecule is CC(C)C[C@@H]1C(=O)N2C[C@H](C)C[C@H]2C(=O)N[C@H](C(C)C)C(=O)O[C@@H](C(C)C)C(=O)N2NCCC[C@@H]2C(=O)N2NC[C@@H](O)C[C@H]2C(=O)N1C. The van der Waals surface area contributed by atoms with Gasteiger partial charge in [0.05, 0.1) is 6.10 Å². The van der Waals surface area contributed by atoms with Gasteiger partial charge in [0, 0.05) is 33.1 Å². The van der Waals surface area contributed by atoms with Crippen LogP contribution in [0.15, 0.2) is 0 Å². The Morgan fingerprint density at radius 2 is 1.50 bits per heavy atom. The van der Waals surface area contributed by atoms with Crippen LogP contribution in [0.25, 0.3) is 0 Å². The molecule has 48 heavy (non-hydrogen) atoms. The minimum Gasteiger partial charge on any atom is -0.450 e. The van der Waals surface area contributed by atoms with Crippen LogP contribution >= 0.6 is 0 Å². The second-order valence-electron chi connectivity index (χ2n) is 15.0. The van der Waals surface area contributed by atoms with Gasteiger partial charge >= 0.3 is 5.97 Å². The van der Waals surface area contributed by atoms with Gasteiger partial charge in [-0.3, -0.25) is 34.0 Å². The number of aliphatic hydroxyl groups excluding tert-OH is 1. The molecule has 5 amide bonds. The normalized spacial score (nSPS) is 33.4. The van der Waals surface area contributed by atoms with Crippen molar-refractivity contribution >= 4 is 35.5 Å². The van der Waals surface area contributed by atoms with E-state index >= 15 is 0 Å². The number of nitrogens with zero attached hydrogens (tertiary/aromatic N) is 4. The van der Waals surface area contributed by atoms with Crippen LogP contribution < -0.4 is 16.2 Å². The maximum Gasteiger partial charge on any atom is 0.329 e. The first kappa shape index (κ1) is 37.5. The molecule has 0 aliphatic carbocycles. The van der Waals surface area contributed by atoms with Crippen molar-refractivity contribution in [2.24, 2.45) is 23.7 Å². The first-order valence-corrected chi connectivity index (χ1v) is 17.4. The highest BCUT2D eigenvalue weighted by Crippen LogP contribution is 2.29. The molecule has 15 heteroatoms. The van der Waals surface area contributed by atoms with E-state index in [-0.39, 0.29) is 37.8 Å². The van der Waals surface area contributed by atoms with Gasteiger partial charge in [-0.2, -0.15) is 0 Å². The summed E-state index contributed by atoms with van der Waals surface area (Å²) in [4.78, 5) is 87.5. The maximum absolute atomic E-state index is 14.4. The average molecular weight is 678 g/mol. The number of fused-ring (bicyclic) bond motifs is 3. The number of rotatable bonds is 4. The average Bonchev–Trinajstić information content (AvgIpc) is 3.43. The number of carbonyl (C=O) groups excluding carboxylic acids is 6. The molecule has 4 aliphatic heterocycles. The van der Waals surface area contributed by atoms with Crippen LogP contribution in [0.4, 0.5) is 0 Å². The number of nitrogens with one attached hydrogen (secondary N) is 3. The van der Waals surface area contributed by atoms with Crippen molar-refractivity contribution in [1.29, 1.82) is 0 Å². The molecule has 4 rings (SSSR count). The van der Waals surface area contributed by atoms with Crippen LogP contribution in [-0.2, 0) is 33.5 Å². The molecule has 0 radical (unpaired) electrons. The number of ether oxygens (including phenoxy) is 1. The van der Waals surface area contributed by atoms with E-state index in [1.807, 2.05) is 20.8 Å². The lowest BCUT2D eigenvalue weighted by Crippen LogP contribution is -2.69. The molecule has 0 bridgehead atoms. The standard InChI is InChI=1S/C33H55N7O8/c1-17(2)12-24-30(44)38-16-20(7)13-23(38)28(42)36-26(18(3)4)33(47)48-27(19(5)6)32(46)39-22(10-9-11-34-39)31(45)40-25(29(43)37(24)8)14-21(41)15-35-40/h17-27,34-35,41H,9-16H2,1-8H3,(H,36,42)/t20-,21+,22-,23+,24-,25+,26-,27+/m1/s1. The van der Waals surface area contributed by atoms with Crippen molar-refractivity contribution in [2.75, 3.05) is 26.7 Å². The van der Waals surface area contributed by atoms with E-state index in [0.717, 1.165) is 0 Å². The lowest BCUT2D eigenvalue weighted by Gasteiger charge is -2.45. The lowest BCUT2D eigenvalue weighted by molar-refractivity contribution is -0.175. The largest absolute Gasteiger partial charge is 0.450 e. The van der Waals surface area contributed by atoms with E-state index in [9.17, 15) is 33.9 Å². The summed E-state index contributed by atoms with van der Waals surface area (Å²) >= 11 is 0. The van der Waals surface area contributed by atoms with E-state index in [4.69, 9.17) is 4.74 Å². The van der Waals surface area contributed by atoms with Crippen molar-refractivity contribution in [3.05, 3.63) is 0 Å². The van der Waals surface area contributed by atoms with Crippen LogP contribution in [0.3, 0.4) is 0 Å². The van der Waals surface area contributed by atoms with Crippen molar-refractivity contribution < 1.29 is 38.6 Å². The zero-order valence-electron chi connectivity index (χ0n) is 29.6. The molecular formula is C33H55N7O8. The quantitative estimate of drug-likeness (QED) is 0.291. The Hall–Kier alpha value is -3.30. The van der Waals surface area contributed by atoms with Gasteiger partial charge in [-0.05, 0) is 49.4 Å². The Balaban J connectivity index is 1.83. The summed E-state index contributed by atoms with van der Waals surface area (Å²) in [6.45, 7) is 13.4. The van der Waals surface area contributed by atoms with Crippen LogP contribution in [0.5, 0.6) is 0 Å². The highest BCUT2D eigenvalue weighted by Gasteiger charge is 2.48. The molecule has 0 aromatic heterocycles. The third kappa shape index (κ3) is 7.94.